The summed E-state index contributed by atoms with van der Waals surface area (Å²) in [5.74, 6) is -0.497. The van der Waals surface area contributed by atoms with Gasteiger partial charge in [-0.3, -0.25) is 9.59 Å². The Bertz CT molecular complexity index is 880. The second kappa shape index (κ2) is 6.29. The third-order valence-corrected chi connectivity index (χ3v) is 6.15. The molecule has 138 valence electrons. The Morgan fingerprint density at radius 3 is 2.19 bits per heavy atom. The van der Waals surface area contributed by atoms with Gasteiger partial charge in [0.05, 0.1) is 17.6 Å². The summed E-state index contributed by atoms with van der Waals surface area (Å²) >= 11 is 0. The molecule has 5 rings (SSSR count). The van der Waals surface area contributed by atoms with Crippen LogP contribution in [0.4, 0.5) is 5.69 Å². The molecule has 3 aliphatic rings. The lowest BCUT2D eigenvalue weighted by Gasteiger charge is -2.29. The Hall–Kier alpha value is -2.50. The van der Waals surface area contributed by atoms with E-state index in [-0.39, 0.29) is 29.8 Å². The Kier molecular flexibility index (Phi) is 3.88. The molecule has 0 aliphatic carbocycles. The summed E-state index contributed by atoms with van der Waals surface area (Å²) in [4.78, 5) is 28.1. The summed E-state index contributed by atoms with van der Waals surface area (Å²) in [5.41, 5.74) is 3.00. The van der Waals surface area contributed by atoms with Crippen LogP contribution in [0.25, 0.3) is 0 Å². The van der Waals surface area contributed by atoms with E-state index in [0.717, 1.165) is 31.5 Å². The number of imide groups is 1. The van der Waals surface area contributed by atoms with Crippen LogP contribution in [0.15, 0.2) is 54.6 Å². The predicted octanol–water partition coefficient (Wildman–Crippen LogP) is 2.78. The van der Waals surface area contributed by atoms with Gasteiger partial charge in [0.25, 0.3) is 5.91 Å². The lowest BCUT2D eigenvalue weighted by atomic mass is 9.90. The molecular weight excluding hydrogens is 338 g/mol. The number of benzene rings is 2. The summed E-state index contributed by atoms with van der Waals surface area (Å²) < 4.78 is 0. The minimum Gasteiger partial charge on any atom is -0.274 e. The van der Waals surface area contributed by atoms with E-state index in [9.17, 15) is 9.59 Å². The number of fused-ring (bicyclic) bond motifs is 3. The molecule has 2 amide bonds. The van der Waals surface area contributed by atoms with E-state index < -0.39 is 0 Å². The number of aryl methyl sites for hydroxylation is 1. The zero-order valence-corrected chi connectivity index (χ0v) is 15.4. The molecule has 5 heteroatoms. The average Bonchev–Trinajstić information content (AvgIpc) is 3.35. The fourth-order valence-electron chi connectivity index (χ4n) is 4.90. The van der Waals surface area contributed by atoms with Crippen LogP contribution in [0.3, 0.4) is 0 Å². The lowest BCUT2D eigenvalue weighted by molar-refractivity contribution is -0.126. The molecule has 0 aromatic heterocycles. The maximum atomic E-state index is 13.4. The Morgan fingerprint density at radius 2 is 1.52 bits per heavy atom. The molecule has 0 saturated carbocycles. The van der Waals surface area contributed by atoms with Gasteiger partial charge in [0.1, 0.15) is 6.04 Å². The molecule has 3 saturated heterocycles. The fourth-order valence-corrected chi connectivity index (χ4v) is 4.90. The van der Waals surface area contributed by atoms with Crippen LogP contribution in [-0.4, -0.2) is 41.0 Å². The van der Waals surface area contributed by atoms with E-state index in [1.807, 2.05) is 42.5 Å². The van der Waals surface area contributed by atoms with Crippen molar-refractivity contribution in [1.29, 1.82) is 0 Å². The molecule has 0 bridgehead atoms. The van der Waals surface area contributed by atoms with Crippen LogP contribution in [0.2, 0.25) is 0 Å². The summed E-state index contributed by atoms with van der Waals surface area (Å²) in [7, 11) is 0. The summed E-state index contributed by atoms with van der Waals surface area (Å²) in [6.07, 6.45) is 1.96. The molecule has 0 N–H and O–H groups in total. The minimum atomic E-state index is -0.379. The van der Waals surface area contributed by atoms with E-state index in [2.05, 4.69) is 29.1 Å². The predicted molar refractivity (Wildman–Crippen MR) is 103 cm³/mol. The molecule has 0 spiro atoms. The van der Waals surface area contributed by atoms with Crippen LogP contribution in [-0.2, 0) is 16.0 Å². The number of carbonyl (C=O) groups is 2. The molecule has 3 heterocycles. The van der Waals surface area contributed by atoms with E-state index >= 15 is 0 Å². The monoisotopic (exact) mass is 361 g/mol. The summed E-state index contributed by atoms with van der Waals surface area (Å²) in [6, 6.07) is 17.5. The highest BCUT2D eigenvalue weighted by atomic mass is 16.2. The van der Waals surface area contributed by atoms with Crippen molar-refractivity contribution in [3.63, 3.8) is 0 Å². The van der Waals surface area contributed by atoms with E-state index in [4.69, 9.17) is 0 Å². The summed E-state index contributed by atoms with van der Waals surface area (Å²) in [6.45, 7) is 3.84. The van der Waals surface area contributed by atoms with Crippen molar-refractivity contribution in [1.82, 2.24) is 10.0 Å². The molecular formula is C22H23N3O2. The summed E-state index contributed by atoms with van der Waals surface area (Å²) in [5, 5.41) is 4.39. The highest BCUT2D eigenvalue weighted by molar-refractivity contribution is 6.24. The standard InChI is InChI=1S/C22H23N3O2/c1-2-15-9-11-17(12-10-15)25-21(26)18-19(16-7-4-3-5-8-16)23-13-6-14-24(23)20(18)22(25)27/h3-5,7-12,18-20H,2,6,13-14H2,1H3/t18-,19-,20-/m1/s1. The van der Waals surface area contributed by atoms with Crippen LogP contribution < -0.4 is 4.90 Å². The molecule has 3 fully saturated rings. The van der Waals surface area contributed by atoms with Gasteiger partial charge < -0.3 is 0 Å². The first kappa shape index (κ1) is 16.7. The van der Waals surface area contributed by atoms with Crippen molar-refractivity contribution in [2.45, 2.75) is 31.8 Å². The molecule has 3 atom stereocenters. The van der Waals surface area contributed by atoms with Gasteiger partial charge in [-0.2, -0.15) is 0 Å². The number of hydrogen-bond acceptors (Lipinski definition) is 4. The Balaban J connectivity index is 1.55. The first-order chi connectivity index (χ1) is 13.2. The highest BCUT2D eigenvalue weighted by Gasteiger charge is 2.62. The van der Waals surface area contributed by atoms with E-state index in [1.54, 1.807) is 0 Å². The van der Waals surface area contributed by atoms with Gasteiger partial charge in [-0.05, 0) is 36.1 Å². The van der Waals surface area contributed by atoms with Crippen molar-refractivity contribution in [2.24, 2.45) is 5.92 Å². The van der Waals surface area contributed by atoms with Crippen molar-refractivity contribution in [3.05, 3.63) is 65.7 Å². The van der Waals surface area contributed by atoms with Crippen LogP contribution in [0.1, 0.15) is 30.5 Å². The highest BCUT2D eigenvalue weighted by Crippen LogP contribution is 2.48. The lowest BCUT2D eigenvalue weighted by Crippen LogP contribution is -2.44. The zero-order valence-electron chi connectivity index (χ0n) is 15.4. The number of anilines is 1. The van der Waals surface area contributed by atoms with Gasteiger partial charge in [-0.15, -0.1) is 0 Å². The van der Waals surface area contributed by atoms with Crippen LogP contribution >= 0.6 is 0 Å². The molecule has 0 radical (unpaired) electrons. The van der Waals surface area contributed by atoms with Gasteiger partial charge >= 0.3 is 0 Å². The van der Waals surface area contributed by atoms with E-state index in [1.165, 1.54) is 10.5 Å². The Morgan fingerprint density at radius 1 is 0.852 bits per heavy atom. The molecule has 2 aromatic rings. The van der Waals surface area contributed by atoms with Crippen molar-refractivity contribution < 1.29 is 9.59 Å². The maximum Gasteiger partial charge on any atom is 0.253 e. The third kappa shape index (κ3) is 2.38. The number of nitrogens with zero attached hydrogens (tertiary/aromatic N) is 3. The normalized spacial score (nSPS) is 28.0. The number of hydrazine groups is 1. The topological polar surface area (TPSA) is 43.9 Å². The van der Waals surface area contributed by atoms with Crippen LogP contribution in [0, 0.1) is 5.92 Å². The second-order valence-corrected chi connectivity index (χ2v) is 7.54. The first-order valence-corrected chi connectivity index (χ1v) is 9.75. The maximum absolute atomic E-state index is 13.4. The molecule has 0 unspecified atom stereocenters. The molecule has 2 aromatic carbocycles. The van der Waals surface area contributed by atoms with Gasteiger partial charge in [-0.1, -0.05) is 49.4 Å². The number of hydrogen-bond donors (Lipinski definition) is 0. The van der Waals surface area contributed by atoms with Crippen molar-refractivity contribution in [3.8, 4) is 0 Å². The third-order valence-electron chi connectivity index (χ3n) is 6.15. The molecule has 27 heavy (non-hydrogen) atoms. The largest absolute Gasteiger partial charge is 0.274 e. The quantitative estimate of drug-likeness (QED) is 0.789. The number of rotatable bonds is 3. The second-order valence-electron chi connectivity index (χ2n) is 7.54. The van der Waals surface area contributed by atoms with Crippen molar-refractivity contribution >= 4 is 17.5 Å². The number of amides is 2. The van der Waals surface area contributed by atoms with Crippen molar-refractivity contribution in [2.75, 3.05) is 18.0 Å². The Labute approximate surface area is 159 Å². The van der Waals surface area contributed by atoms with E-state index in [0.29, 0.717) is 5.69 Å². The van der Waals surface area contributed by atoms with Gasteiger partial charge in [-0.25, -0.2) is 14.9 Å². The van der Waals surface area contributed by atoms with Gasteiger partial charge in [0.15, 0.2) is 0 Å². The SMILES string of the molecule is CCc1ccc(N2C(=O)[C@@H]3[C@@H](c4ccccc4)N4CCCN4[C@H]3C2=O)cc1. The molecule has 5 nitrogen and oxygen atoms in total. The first-order valence-electron chi connectivity index (χ1n) is 9.75. The smallest absolute Gasteiger partial charge is 0.253 e. The van der Waals surface area contributed by atoms with Gasteiger partial charge in [0, 0.05) is 13.1 Å². The minimum absolute atomic E-state index is 0.0601. The molecule has 3 aliphatic heterocycles. The number of carbonyl (C=O) groups excluding carboxylic acids is 2. The van der Waals surface area contributed by atoms with Crippen LogP contribution in [0.5, 0.6) is 0 Å². The fraction of sp³-hybridized carbons (Fsp3) is 0.364. The van der Waals surface area contributed by atoms with Gasteiger partial charge in [0.2, 0.25) is 5.91 Å². The average molecular weight is 361 g/mol. The zero-order chi connectivity index (χ0) is 18.5.